The van der Waals surface area contributed by atoms with E-state index in [1.807, 2.05) is 64.9 Å². The Morgan fingerprint density at radius 3 is 2.17 bits per heavy atom. The van der Waals surface area contributed by atoms with Gasteiger partial charge in [-0.2, -0.15) is 0 Å². The molecule has 1 atom stereocenters. The molecule has 7 heteroatoms. The lowest BCUT2D eigenvalue weighted by Gasteiger charge is -2.23. The zero-order valence-corrected chi connectivity index (χ0v) is 20.0. The summed E-state index contributed by atoms with van der Waals surface area (Å²) in [4.78, 5) is 12.6. The van der Waals surface area contributed by atoms with E-state index >= 15 is 0 Å². The van der Waals surface area contributed by atoms with Crippen molar-refractivity contribution in [2.75, 3.05) is 26.9 Å². The molecule has 0 radical (unpaired) electrons. The maximum absolute atomic E-state index is 13.2. The van der Waals surface area contributed by atoms with Gasteiger partial charge in [0.25, 0.3) is 0 Å². The number of aryl methyl sites for hydroxylation is 2. The van der Waals surface area contributed by atoms with Gasteiger partial charge in [-0.1, -0.05) is 13.8 Å². The average Bonchev–Trinajstić information content (AvgIpc) is 3.46. The van der Waals surface area contributed by atoms with E-state index in [0.29, 0.717) is 19.2 Å². The van der Waals surface area contributed by atoms with Gasteiger partial charge in [0.1, 0.15) is 28.9 Å². The van der Waals surface area contributed by atoms with E-state index in [9.17, 15) is 9.00 Å². The van der Waals surface area contributed by atoms with Gasteiger partial charge in [-0.3, -0.25) is 0 Å². The molecule has 1 fully saturated rings. The molecule has 6 nitrogen and oxygen atoms in total. The minimum absolute atomic E-state index is 0.0942. The number of nitrogens with zero attached hydrogens (tertiary/aromatic N) is 1. The third kappa shape index (κ3) is 8.44. The molecule has 0 aliphatic heterocycles. The van der Waals surface area contributed by atoms with Crippen LogP contribution in [0.25, 0.3) is 0 Å². The Bertz CT molecular complexity index is 672. The monoisotopic (exact) mass is 427 g/mol. The number of carbonyl (C=O) groups is 1. The summed E-state index contributed by atoms with van der Waals surface area (Å²) in [7, 11) is 0.358. The Hall–Kier alpha value is -1.44. The molecule has 1 unspecified atom stereocenters. The summed E-state index contributed by atoms with van der Waals surface area (Å²) >= 11 is 0. The summed E-state index contributed by atoms with van der Waals surface area (Å²) < 4.78 is 31.2. The minimum Gasteiger partial charge on any atom is -0.497 e. The summed E-state index contributed by atoms with van der Waals surface area (Å²) in [5.74, 6) is 0.382. The van der Waals surface area contributed by atoms with E-state index in [1.54, 1.807) is 7.11 Å². The molecule has 1 aliphatic rings. The first-order chi connectivity index (χ1) is 13.6. The molecule has 1 aromatic carbocycles. The molecule has 0 saturated heterocycles. The van der Waals surface area contributed by atoms with E-state index in [1.165, 1.54) is 0 Å². The fraction of sp³-hybridized carbons (Fsp3) is 0.682. The van der Waals surface area contributed by atoms with Crippen LogP contribution in [0.3, 0.4) is 0 Å². The molecule has 0 spiro atoms. The second-order valence-electron chi connectivity index (χ2n) is 7.85. The number of rotatable bonds is 9. The van der Waals surface area contributed by atoms with E-state index in [0.717, 1.165) is 34.6 Å². The Labute approximate surface area is 178 Å². The molecule has 29 heavy (non-hydrogen) atoms. The first-order valence-corrected chi connectivity index (χ1v) is 11.4. The number of esters is 1. The molecule has 0 N–H and O–H groups in total. The third-order valence-corrected chi connectivity index (χ3v) is 6.01. The zero-order valence-electron chi connectivity index (χ0n) is 19.2. The van der Waals surface area contributed by atoms with Crippen molar-refractivity contribution in [1.82, 2.24) is 4.31 Å². The normalized spacial score (nSPS) is 14.8. The number of benzene rings is 1. The minimum atomic E-state index is -1.27. The van der Waals surface area contributed by atoms with Crippen LogP contribution in [0, 0.1) is 13.8 Å². The van der Waals surface area contributed by atoms with Crippen molar-refractivity contribution < 1.29 is 23.2 Å². The van der Waals surface area contributed by atoms with Crippen molar-refractivity contribution >= 4 is 17.0 Å². The molecular weight excluding hydrogens is 390 g/mol. The smallest absolute Gasteiger partial charge is 0.332 e. The van der Waals surface area contributed by atoms with Gasteiger partial charge in [0.15, 0.2) is 0 Å². The van der Waals surface area contributed by atoms with Crippen molar-refractivity contribution in [1.29, 1.82) is 0 Å². The highest BCUT2D eigenvalue weighted by Gasteiger charge is 2.34. The number of ether oxygens (including phenoxy) is 3. The fourth-order valence-corrected chi connectivity index (χ4v) is 4.49. The van der Waals surface area contributed by atoms with Crippen molar-refractivity contribution in [3.63, 3.8) is 0 Å². The lowest BCUT2D eigenvalue weighted by molar-refractivity contribution is -0.160. The predicted octanol–water partition coefficient (Wildman–Crippen LogP) is 4.18. The predicted molar refractivity (Wildman–Crippen MR) is 117 cm³/mol. The van der Waals surface area contributed by atoms with E-state index in [4.69, 9.17) is 14.2 Å². The van der Waals surface area contributed by atoms with Crippen molar-refractivity contribution in [2.24, 2.45) is 0 Å². The van der Waals surface area contributed by atoms with Gasteiger partial charge in [0, 0.05) is 12.6 Å². The standard InChI is InChI=1S/C20H31NO5S.C2H6/c1-14-11-17(24-6)12-15(2)19(14)27(23)21(16-7-8-16)9-10-25-13-18(22)26-20(3,4)5;1-2/h11-12,16H,7-10,13H2,1-6H3;1-2H3. The topological polar surface area (TPSA) is 65.1 Å². The zero-order chi connectivity index (χ0) is 22.2. The van der Waals surface area contributed by atoms with Crippen LogP contribution in [-0.4, -0.2) is 53.0 Å². The van der Waals surface area contributed by atoms with Gasteiger partial charge in [0.05, 0.1) is 18.6 Å². The van der Waals surface area contributed by atoms with Gasteiger partial charge in [0.2, 0.25) is 0 Å². The van der Waals surface area contributed by atoms with Gasteiger partial charge < -0.3 is 14.2 Å². The Kier molecular flexibility index (Phi) is 10.3. The van der Waals surface area contributed by atoms with E-state index < -0.39 is 16.6 Å². The van der Waals surface area contributed by atoms with Crippen LogP contribution in [0.1, 0.15) is 58.6 Å². The Morgan fingerprint density at radius 1 is 1.17 bits per heavy atom. The second-order valence-corrected chi connectivity index (χ2v) is 9.23. The number of hydrogen-bond donors (Lipinski definition) is 0. The van der Waals surface area contributed by atoms with Gasteiger partial charge >= 0.3 is 5.97 Å². The van der Waals surface area contributed by atoms with Crippen LogP contribution >= 0.6 is 0 Å². The average molecular weight is 428 g/mol. The molecule has 0 amide bonds. The van der Waals surface area contributed by atoms with Crippen LogP contribution in [0.4, 0.5) is 0 Å². The number of hydrogen-bond acceptors (Lipinski definition) is 5. The second kappa shape index (κ2) is 11.7. The number of carbonyl (C=O) groups excluding carboxylic acids is 1. The molecule has 166 valence electrons. The first kappa shape index (κ1) is 25.6. The van der Waals surface area contributed by atoms with Gasteiger partial charge in [-0.25, -0.2) is 13.3 Å². The quantitative estimate of drug-likeness (QED) is 0.437. The lowest BCUT2D eigenvalue weighted by Crippen LogP contribution is -2.33. The maximum atomic E-state index is 13.2. The van der Waals surface area contributed by atoms with Gasteiger partial charge in [-0.05, 0) is 70.7 Å². The molecule has 0 aromatic heterocycles. The molecule has 1 aliphatic carbocycles. The number of methoxy groups -OCH3 is 1. The highest BCUT2D eigenvalue weighted by atomic mass is 32.2. The highest BCUT2D eigenvalue weighted by molar-refractivity contribution is 7.82. The maximum Gasteiger partial charge on any atom is 0.332 e. The summed E-state index contributed by atoms with van der Waals surface area (Å²) in [5, 5.41) is 0. The molecule has 0 bridgehead atoms. The largest absolute Gasteiger partial charge is 0.497 e. The summed E-state index contributed by atoms with van der Waals surface area (Å²) in [5.41, 5.74) is 1.38. The fourth-order valence-electron chi connectivity index (χ4n) is 2.87. The Balaban J connectivity index is 0.00000204. The van der Waals surface area contributed by atoms with Crippen molar-refractivity contribution in [2.45, 2.75) is 77.8 Å². The first-order valence-electron chi connectivity index (χ1n) is 10.3. The SMILES string of the molecule is CC.COc1cc(C)c(S(=O)N(CCOCC(=O)OC(C)(C)C)C2CC2)c(C)c1. The summed E-state index contributed by atoms with van der Waals surface area (Å²) in [6.07, 6.45) is 2.07. The van der Waals surface area contributed by atoms with Crippen molar-refractivity contribution in [3.8, 4) is 5.75 Å². The molecule has 2 rings (SSSR count). The van der Waals surface area contributed by atoms with Crippen LogP contribution in [0.2, 0.25) is 0 Å². The summed E-state index contributed by atoms with van der Waals surface area (Å²) in [6.45, 7) is 14.1. The lowest BCUT2D eigenvalue weighted by atomic mass is 10.1. The molecular formula is C22H37NO5S. The van der Waals surface area contributed by atoms with Crippen LogP contribution in [0.5, 0.6) is 5.75 Å². The van der Waals surface area contributed by atoms with Gasteiger partial charge in [-0.15, -0.1) is 0 Å². The molecule has 0 heterocycles. The molecule has 1 saturated carbocycles. The van der Waals surface area contributed by atoms with Crippen LogP contribution in [0.15, 0.2) is 17.0 Å². The Morgan fingerprint density at radius 2 is 1.72 bits per heavy atom. The highest BCUT2D eigenvalue weighted by Crippen LogP contribution is 2.33. The summed E-state index contributed by atoms with van der Waals surface area (Å²) in [6, 6.07) is 4.12. The van der Waals surface area contributed by atoms with E-state index in [2.05, 4.69) is 0 Å². The van der Waals surface area contributed by atoms with Crippen molar-refractivity contribution in [3.05, 3.63) is 23.3 Å². The van der Waals surface area contributed by atoms with Crippen LogP contribution < -0.4 is 4.74 Å². The molecule has 1 aromatic rings. The van der Waals surface area contributed by atoms with Crippen LogP contribution in [-0.2, 0) is 25.3 Å². The third-order valence-electron chi connectivity index (χ3n) is 4.11. The van der Waals surface area contributed by atoms with E-state index in [-0.39, 0.29) is 12.6 Å².